The Balaban J connectivity index is 0.000000366. The molecule has 0 amide bonds. The van der Waals surface area contributed by atoms with Gasteiger partial charge in [-0.3, -0.25) is 5.32 Å². The molecule has 0 spiro atoms. The lowest BCUT2D eigenvalue weighted by molar-refractivity contribution is 0.504. The SMILES string of the molecule is C1CCCCC1.CC(C)N=C(NC#N)Nc1ccc(C#N)cc1. The molecule has 122 valence electrons. The van der Waals surface area contributed by atoms with Gasteiger partial charge in [-0.05, 0) is 38.1 Å². The number of nitrogens with one attached hydrogen (secondary N) is 2. The van der Waals surface area contributed by atoms with Gasteiger partial charge in [-0.1, -0.05) is 38.5 Å². The van der Waals surface area contributed by atoms with Gasteiger partial charge >= 0.3 is 0 Å². The Labute approximate surface area is 139 Å². The van der Waals surface area contributed by atoms with Gasteiger partial charge in [0.2, 0.25) is 5.96 Å². The van der Waals surface area contributed by atoms with E-state index in [0.29, 0.717) is 11.5 Å². The molecule has 0 heterocycles. The molecule has 1 aliphatic carbocycles. The van der Waals surface area contributed by atoms with Gasteiger partial charge in [0.15, 0.2) is 6.19 Å². The molecular formula is C18H25N5. The Morgan fingerprint density at radius 3 is 1.91 bits per heavy atom. The van der Waals surface area contributed by atoms with Crippen molar-refractivity contribution in [1.82, 2.24) is 5.32 Å². The third-order valence-corrected chi connectivity index (χ3v) is 3.34. The zero-order chi connectivity index (χ0) is 16.9. The van der Waals surface area contributed by atoms with Crippen LogP contribution in [0.3, 0.4) is 0 Å². The van der Waals surface area contributed by atoms with Crippen LogP contribution in [0.1, 0.15) is 57.9 Å². The number of nitrogens with zero attached hydrogens (tertiary/aromatic N) is 3. The van der Waals surface area contributed by atoms with Crippen molar-refractivity contribution >= 4 is 11.6 Å². The van der Waals surface area contributed by atoms with Crippen LogP contribution < -0.4 is 10.6 Å². The summed E-state index contributed by atoms with van der Waals surface area (Å²) in [4.78, 5) is 4.21. The highest BCUT2D eigenvalue weighted by atomic mass is 15.2. The van der Waals surface area contributed by atoms with E-state index in [1.54, 1.807) is 24.3 Å². The Morgan fingerprint density at radius 1 is 1.00 bits per heavy atom. The number of guanidine groups is 1. The van der Waals surface area contributed by atoms with Gasteiger partial charge in [0.05, 0.1) is 11.6 Å². The molecule has 5 nitrogen and oxygen atoms in total. The molecular weight excluding hydrogens is 286 g/mol. The van der Waals surface area contributed by atoms with Crippen molar-refractivity contribution < 1.29 is 0 Å². The van der Waals surface area contributed by atoms with Crippen molar-refractivity contribution in [3.8, 4) is 12.3 Å². The monoisotopic (exact) mass is 311 g/mol. The van der Waals surface area contributed by atoms with Crippen LogP contribution in [0.5, 0.6) is 0 Å². The molecule has 23 heavy (non-hydrogen) atoms. The van der Waals surface area contributed by atoms with E-state index in [9.17, 15) is 0 Å². The smallest absolute Gasteiger partial charge is 0.209 e. The second kappa shape index (κ2) is 11.1. The van der Waals surface area contributed by atoms with Crippen LogP contribution >= 0.6 is 0 Å². The van der Waals surface area contributed by atoms with E-state index in [2.05, 4.69) is 15.6 Å². The molecule has 1 fully saturated rings. The summed E-state index contributed by atoms with van der Waals surface area (Å²) in [5, 5.41) is 22.7. The minimum absolute atomic E-state index is 0.0803. The number of aliphatic imine (C=N–C) groups is 1. The Morgan fingerprint density at radius 2 is 1.52 bits per heavy atom. The van der Waals surface area contributed by atoms with Crippen LogP contribution in [0.15, 0.2) is 29.3 Å². The predicted molar refractivity (Wildman–Crippen MR) is 93.8 cm³/mol. The number of nitriles is 2. The van der Waals surface area contributed by atoms with Gasteiger partial charge in [-0.25, -0.2) is 4.99 Å². The zero-order valence-electron chi connectivity index (χ0n) is 14.0. The molecule has 0 atom stereocenters. The van der Waals surface area contributed by atoms with E-state index in [1.807, 2.05) is 26.1 Å². The standard InChI is InChI=1S/C12H13N5.C6H12/c1-9(2)16-12(15-8-14)17-11-5-3-10(7-13)4-6-11;1-2-4-6-5-3-1/h3-6,9H,1-2H3,(H2,15,16,17);1-6H2. The van der Waals surface area contributed by atoms with Crippen molar-refractivity contribution in [3.63, 3.8) is 0 Å². The second-order valence-corrected chi connectivity index (χ2v) is 5.74. The second-order valence-electron chi connectivity index (χ2n) is 5.74. The first-order chi connectivity index (χ1) is 11.2. The normalized spacial score (nSPS) is 14.0. The quantitative estimate of drug-likeness (QED) is 0.372. The minimum atomic E-state index is 0.0803. The molecule has 1 aliphatic rings. The van der Waals surface area contributed by atoms with Crippen LogP contribution in [0.2, 0.25) is 0 Å². The Hall–Kier alpha value is -2.53. The van der Waals surface area contributed by atoms with Gasteiger partial charge in [-0.2, -0.15) is 10.5 Å². The molecule has 0 aromatic heterocycles. The van der Waals surface area contributed by atoms with Gasteiger partial charge in [0, 0.05) is 11.7 Å². The topological polar surface area (TPSA) is 84.0 Å². The lowest BCUT2D eigenvalue weighted by Gasteiger charge is -2.09. The number of anilines is 1. The van der Waals surface area contributed by atoms with Crippen LogP contribution in [0, 0.1) is 22.8 Å². The van der Waals surface area contributed by atoms with E-state index < -0.39 is 0 Å². The highest BCUT2D eigenvalue weighted by molar-refractivity contribution is 5.94. The fraction of sp³-hybridized carbons (Fsp3) is 0.500. The van der Waals surface area contributed by atoms with Crippen LogP contribution in [-0.4, -0.2) is 12.0 Å². The van der Waals surface area contributed by atoms with Crippen LogP contribution in [-0.2, 0) is 0 Å². The van der Waals surface area contributed by atoms with Crippen LogP contribution in [0.25, 0.3) is 0 Å². The van der Waals surface area contributed by atoms with E-state index in [0.717, 1.165) is 5.69 Å². The summed E-state index contributed by atoms with van der Waals surface area (Å²) in [5.74, 6) is 0.396. The number of rotatable bonds is 2. The number of hydrogen-bond donors (Lipinski definition) is 2. The molecule has 0 unspecified atom stereocenters. The fourth-order valence-electron chi connectivity index (χ4n) is 2.23. The Kier molecular flexibility index (Phi) is 8.93. The van der Waals surface area contributed by atoms with Crippen LogP contribution in [0.4, 0.5) is 5.69 Å². The maximum Gasteiger partial charge on any atom is 0.209 e. The van der Waals surface area contributed by atoms with Crippen molar-refractivity contribution in [1.29, 1.82) is 10.5 Å². The highest BCUT2D eigenvalue weighted by Crippen LogP contribution is 2.15. The largest absolute Gasteiger partial charge is 0.326 e. The lowest BCUT2D eigenvalue weighted by atomic mass is 10.0. The zero-order valence-corrected chi connectivity index (χ0v) is 14.0. The summed E-state index contributed by atoms with van der Waals surface area (Å²) >= 11 is 0. The van der Waals surface area contributed by atoms with Gasteiger partial charge in [0.25, 0.3) is 0 Å². The van der Waals surface area contributed by atoms with Gasteiger partial charge in [-0.15, -0.1) is 0 Å². The number of benzene rings is 1. The lowest BCUT2D eigenvalue weighted by Crippen LogP contribution is -2.27. The third kappa shape index (κ3) is 8.48. The first kappa shape index (κ1) is 18.5. The molecule has 0 radical (unpaired) electrons. The van der Waals surface area contributed by atoms with Gasteiger partial charge < -0.3 is 5.32 Å². The minimum Gasteiger partial charge on any atom is -0.326 e. The molecule has 0 bridgehead atoms. The maximum absolute atomic E-state index is 8.66. The van der Waals surface area contributed by atoms with E-state index in [4.69, 9.17) is 10.5 Å². The number of hydrogen-bond acceptors (Lipinski definition) is 3. The third-order valence-electron chi connectivity index (χ3n) is 3.34. The average molecular weight is 311 g/mol. The first-order valence-corrected chi connectivity index (χ1v) is 8.16. The molecule has 0 aliphatic heterocycles. The molecule has 1 aromatic carbocycles. The van der Waals surface area contributed by atoms with Crippen molar-refractivity contribution in [2.45, 2.75) is 58.4 Å². The molecule has 1 aromatic rings. The highest BCUT2D eigenvalue weighted by Gasteiger charge is 2.00. The summed E-state index contributed by atoms with van der Waals surface area (Å²) < 4.78 is 0. The summed E-state index contributed by atoms with van der Waals surface area (Å²) in [6.07, 6.45) is 10.8. The molecule has 1 saturated carbocycles. The van der Waals surface area contributed by atoms with Crippen molar-refractivity contribution in [3.05, 3.63) is 29.8 Å². The van der Waals surface area contributed by atoms with E-state index in [1.165, 1.54) is 38.5 Å². The molecule has 5 heteroatoms. The average Bonchev–Trinajstić information content (AvgIpc) is 2.57. The summed E-state index contributed by atoms with van der Waals surface area (Å²) in [6.45, 7) is 3.83. The van der Waals surface area contributed by atoms with Gasteiger partial charge in [0.1, 0.15) is 0 Å². The molecule has 2 N–H and O–H groups in total. The summed E-state index contributed by atoms with van der Waals surface area (Å²) in [6, 6.07) is 9.03. The predicted octanol–water partition coefficient (Wildman–Crippen LogP) is 4.15. The Bertz CT molecular complexity index is 545. The maximum atomic E-state index is 8.66. The van der Waals surface area contributed by atoms with Crippen molar-refractivity contribution in [2.75, 3.05) is 5.32 Å². The molecule has 0 saturated heterocycles. The van der Waals surface area contributed by atoms with E-state index in [-0.39, 0.29) is 6.04 Å². The summed E-state index contributed by atoms with van der Waals surface area (Å²) in [7, 11) is 0. The fourth-order valence-corrected chi connectivity index (χ4v) is 2.23. The first-order valence-electron chi connectivity index (χ1n) is 8.16. The molecule has 2 rings (SSSR count). The van der Waals surface area contributed by atoms with Crippen molar-refractivity contribution in [2.24, 2.45) is 4.99 Å². The summed E-state index contributed by atoms with van der Waals surface area (Å²) in [5.41, 5.74) is 1.36. The van der Waals surface area contributed by atoms with E-state index >= 15 is 0 Å².